The zero-order valence-corrected chi connectivity index (χ0v) is 17.7. The molecule has 11 nitrogen and oxygen atoms in total. The Morgan fingerprint density at radius 1 is 1.34 bits per heavy atom. The zero-order chi connectivity index (χ0) is 23.0. The highest BCUT2D eigenvalue weighted by Gasteiger charge is 2.32. The van der Waals surface area contributed by atoms with Crippen LogP contribution < -0.4 is 14.4 Å². The maximum absolute atomic E-state index is 12.7. The summed E-state index contributed by atoms with van der Waals surface area (Å²) >= 11 is 5.99. The van der Waals surface area contributed by atoms with Gasteiger partial charge in [-0.05, 0) is 31.2 Å². The number of hydrogen-bond donors (Lipinski definition) is 0. The number of Topliss-reactive ketones (excluding diaryl/α,β-unsaturated/α-hetero) is 1. The Hall–Kier alpha value is -3.99. The summed E-state index contributed by atoms with van der Waals surface area (Å²) in [5, 5.41) is 19.7. The number of carbonyl (C=O) groups is 2. The summed E-state index contributed by atoms with van der Waals surface area (Å²) < 4.78 is 12.1. The molecule has 2 heterocycles. The number of aromatic nitrogens is 3. The van der Waals surface area contributed by atoms with E-state index in [1.54, 1.807) is 12.1 Å². The largest absolute Gasteiger partial charge is 0.494 e. The van der Waals surface area contributed by atoms with Crippen LogP contribution >= 0.6 is 11.6 Å². The number of nitro groups is 1. The molecule has 0 fully saturated rings. The van der Waals surface area contributed by atoms with E-state index in [0.717, 1.165) is 0 Å². The monoisotopic (exact) mass is 457 g/mol. The molecular weight excluding hydrogens is 442 g/mol. The van der Waals surface area contributed by atoms with Crippen molar-refractivity contribution in [3.05, 3.63) is 62.9 Å². The molecule has 1 amide bonds. The number of rotatable bonds is 6. The molecule has 164 valence electrons. The molecule has 0 saturated heterocycles. The van der Waals surface area contributed by atoms with Gasteiger partial charge >= 0.3 is 0 Å². The molecule has 3 aromatic rings. The van der Waals surface area contributed by atoms with Gasteiger partial charge in [-0.3, -0.25) is 24.6 Å². The fourth-order valence-corrected chi connectivity index (χ4v) is 3.55. The van der Waals surface area contributed by atoms with Crippen LogP contribution in [0.3, 0.4) is 0 Å². The molecule has 12 heteroatoms. The van der Waals surface area contributed by atoms with Crippen molar-refractivity contribution in [1.29, 1.82) is 0 Å². The van der Waals surface area contributed by atoms with Gasteiger partial charge in [-0.2, -0.15) is 0 Å². The second-order valence-electron chi connectivity index (χ2n) is 6.86. The third kappa shape index (κ3) is 3.73. The van der Waals surface area contributed by atoms with Gasteiger partial charge in [-0.15, -0.1) is 5.10 Å². The summed E-state index contributed by atoms with van der Waals surface area (Å²) in [5.41, 5.74) is 0.893. The Kier molecular flexibility index (Phi) is 5.49. The lowest BCUT2D eigenvalue weighted by Crippen LogP contribution is -2.39. The number of carbonyl (C=O) groups excluding carboxylic acids is 2. The van der Waals surface area contributed by atoms with E-state index in [0.29, 0.717) is 27.7 Å². The number of halogens is 1. The topological polar surface area (TPSA) is 130 Å². The van der Waals surface area contributed by atoms with Crippen molar-refractivity contribution in [2.45, 2.75) is 13.5 Å². The first-order chi connectivity index (χ1) is 15.3. The van der Waals surface area contributed by atoms with Gasteiger partial charge in [0, 0.05) is 11.1 Å². The van der Waals surface area contributed by atoms with Crippen LogP contribution in [0.4, 0.5) is 11.4 Å². The summed E-state index contributed by atoms with van der Waals surface area (Å²) in [6.07, 6.45) is 1.46. The van der Waals surface area contributed by atoms with E-state index in [1.807, 2.05) is 0 Å². The van der Waals surface area contributed by atoms with E-state index in [-0.39, 0.29) is 42.0 Å². The SMILES string of the molecule is COc1ccc(C(C)=O)c2c1N(Cc1cn(-c3cc(Cl)ccc3[N+](=O)[O-])nn1)C(=O)CO2. The molecule has 1 aliphatic rings. The van der Waals surface area contributed by atoms with Crippen molar-refractivity contribution < 1.29 is 24.0 Å². The molecule has 0 bridgehead atoms. The van der Waals surface area contributed by atoms with Crippen LogP contribution in [0.1, 0.15) is 23.0 Å². The summed E-state index contributed by atoms with van der Waals surface area (Å²) in [7, 11) is 1.44. The lowest BCUT2D eigenvalue weighted by Gasteiger charge is -2.31. The molecule has 0 spiro atoms. The Balaban J connectivity index is 1.74. The fraction of sp³-hybridized carbons (Fsp3) is 0.200. The van der Waals surface area contributed by atoms with Crippen molar-refractivity contribution in [3.63, 3.8) is 0 Å². The molecule has 1 aromatic heterocycles. The second-order valence-corrected chi connectivity index (χ2v) is 7.30. The summed E-state index contributed by atoms with van der Waals surface area (Å²) in [5.74, 6) is -0.0116. The number of ketones is 1. The first-order valence-electron chi connectivity index (χ1n) is 9.30. The molecule has 0 aliphatic carbocycles. The number of anilines is 1. The van der Waals surface area contributed by atoms with E-state index in [2.05, 4.69) is 10.3 Å². The number of benzene rings is 2. The number of methoxy groups -OCH3 is 1. The Morgan fingerprint density at radius 3 is 2.81 bits per heavy atom. The predicted molar refractivity (Wildman–Crippen MR) is 113 cm³/mol. The van der Waals surface area contributed by atoms with Gasteiger partial charge in [0.25, 0.3) is 11.6 Å². The van der Waals surface area contributed by atoms with Crippen LogP contribution in [-0.2, 0) is 11.3 Å². The maximum Gasteiger partial charge on any atom is 0.295 e. The van der Waals surface area contributed by atoms with Crippen molar-refractivity contribution in [1.82, 2.24) is 15.0 Å². The van der Waals surface area contributed by atoms with Crippen LogP contribution in [0, 0.1) is 10.1 Å². The van der Waals surface area contributed by atoms with Crippen molar-refractivity contribution in [2.24, 2.45) is 0 Å². The lowest BCUT2D eigenvalue weighted by atomic mass is 10.1. The second kappa shape index (κ2) is 8.27. The van der Waals surface area contributed by atoms with Crippen LogP contribution in [0.15, 0.2) is 36.5 Å². The molecule has 0 unspecified atom stereocenters. The van der Waals surface area contributed by atoms with E-state index in [1.165, 1.54) is 48.0 Å². The van der Waals surface area contributed by atoms with Gasteiger partial charge in [0.2, 0.25) is 0 Å². The van der Waals surface area contributed by atoms with Gasteiger partial charge < -0.3 is 9.47 Å². The van der Waals surface area contributed by atoms with Gasteiger partial charge in [0.15, 0.2) is 18.1 Å². The number of fused-ring (bicyclic) bond motifs is 1. The van der Waals surface area contributed by atoms with Crippen LogP contribution in [0.2, 0.25) is 5.02 Å². The minimum atomic E-state index is -0.553. The van der Waals surface area contributed by atoms with E-state index >= 15 is 0 Å². The first kappa shape index (κ1) is 21.2. The average Bonchev–Trinajstić information content (AvgIpc) is 3.23. The van der Waals surface area contributed by atoms with Gasteiger partial charge in [0.05, 0.1) is 30.3 Å². The first-order valence-corrected chi connectivity index (χ1v) is 9.68. The molecule has 4 rings (SSSR count). The molecule has 0 atom stereocenters. The lowest BCUT2D eigenvalue weighted by molar-refractivity contribution is -0.384. The Labute approximate surface area is 186 Å². The third-order valence-corrected chi connectivity index (χ3v) is 5.08. The van der Waals surface area contributed by atoms with E-state index in [9.17, 15) is 19.7 Å². The smallest absolute Gasteiger partial charge is 0.295 e. The average molecular weight is 458 g/mol. The highest BCUT2D eigenvalue weighted by atomic mass is 35.5. The molecule has 0 N–H and O–H groups in total. The Bertz CT molecular complexity index is 1260. The molecule has 32 heavy (non-hydrogen) atoms. The van der Waals surface area contributed by atoms with Crippen molar-refractivity contribution in [2.75, 3.05) is 18.6 Å². The molecule has 1 aliphatic heterocycles. The van der Waals surface area contributed by atoms with Crippen molar-refractivity contribution >= 4 is 34.7 Å². The minimum absolute atomic E-state index is 0.0265. The van der Waals surface area contributed by atoms with Crippen molar-refractivity contribution in [3.8, 4) is 17.2 Å². The minimum Gasteiger partial charge on any atom is -0.494 e. The highest BCUT2D eigenvalue weighted by Crippen LogP contribution is 2.43. The summed E-state index contributed by atoms with van der Waals surface area (Å²) in [6.45, 7) is 1.10. The molecule has 0 saturated carbocycles. The van der Waals surface area contributed by atoms with Crippen LogP contribution in [-0.4, -0.2) is 45.3 Å². The number of ether oxygens (including phenoxy) is 2. The van der Waals surface area contributed by atoms with Gasteiger partial charge in [-0.1, -0.05) is 16.8 Å². The normalized spacial score (nSPS) is 12.8. The number of nitrogens with zero attached hydrogens (tertiary/aromatic N) is 5. The van der Waals surface area contributed by atoms with Crippen LogP contribution in [0.25, 0.3) is 5.69 Å². The molecular formula is C20H16ClN5O6. The van der Waals surface area contributed by atoms with Crippen LogP contribution in [0.5, 0.6) is 11.5 Å². The van der Waals surface area contributed by atoms with Gasteiger partial charge in [0.1, 0.15) is 22.8 Å². The molecule has 2 aromatic carbocycles. The predicted octanol–water partition coefficient (Wildman–Crippen LogP) is 2.97. The van der Waals surface area contributed by atoms with E-state index in [4.69, 9.17) is 21.1 Å². The highest BCUT2D eigenvalue weighted by molar-refractivity contribution is 6.30. The Morgan fingerprint density at radius 2 is 2.12 bits per heavy atom. The third-order valence-electron chi connectivity index (χ3n) is 4.85. The maximum atomic E-state index is 12.7. The molecule has 0 radical (unpaired) electrons. The fourth-order valence-electron chi connectivity index (χ4n) is 3.39. The van der Waals surface area contributed by atoms with Gasteiger partial charge in [-0.25, -0.2) is 4.68 Å². The summed E-state index contributed by atoms with van der Waals surface area (Å²) in [4.78, 5) is 36.9. The number of nitro benzene ring substituents is 1. The number of amides is 1. The number of hydrogen-bond acceptors (Lipinski definition) is 8. The zero-order valence-electron chi connectivity index (χ0n) is 16.9. The summed E-state index contributed by atoms with van der Waals surface area (Å²) in [6, 6.07) is 7.23. The quantitative estimate of drug-likeness (QED) is 0.313. The van der Waals surface area contributed by atoms with E-state index < -0.39 is 4.92 Å². The standard InChI is InChI=1S/C20H16ClN5O6/c1-11(27)14-4-6-17(31-2)19-20(14)32-10-18(28)24(19)8-13-9-25(23-22-13)16-7-12(21)3-5-15(16)26(29)30/h3-7,9H,8,10H2,1-2H3.